The number of phosphoric ester groups is 3. The zero-order valence-corrected chi connectivity index (χ0v) is 30.7. The molecule has 2 amide bonds. The first-order valence-corrected chi connectivity index (χ1v) is 20.2. The summed E-state index contributed by atoms with van der Waals surface area (Å²) in [5.41, 5.74) is 4.21. The fraction of sp³-hybridized carbons (Fsp3) is 0.652. The first kappa shape index (κ1) is 43.9. The van der Waals surface area contributed by atoms with E-state index in [1.807, 2.05) is 0 Å². The third-order valence-electron chi connectivity index (χ3n) is 6.87. The molecule has 2 aromatic rings. The molecule has 0 spiro atoms. The number of hydrogen-bond acceptors (Lipinski definition) is 18. The Morgan fingerprint density at radius 3 is 2.42 bits per heavy atom. The molecule has 1 fully saturated rings. The van der Waals surface area contributed by atoms with Gasteiger partial charge in [-0.15, -0.1) is 0 Å². The van der Waals surface area contributed by atoms with Crippen LogP contribution in [0.1, 0.15) is 26.5 Å². The van der Waals surface area contributed by atoms with Crippen LogP contribution in [-0.2, 0) is 50.7 Å². The van der Waals surface area contributed by atoms with Gasteiger partial charge in [-0.3, -0.25) is 32.5 Å². The van der Waals surface area contributed by atoms with Gasteiger partial charge in [0.25, 0.3) is 0 Å². The van der Waals surface area contributed by atoms with Crippen molar-refractivity contribution in [2.45, 2.75) is 50.9 Å². The number of rotatable bonds is 20. The summed E-state index contributed by atoms with van der Waals surface area (Å²) < 4.78 is 73.9. The fourth-order valence-corrected chi connectivity index (χ4v) is 7.67. The van der Waals surface area contributed by atoms with Crippen LogP contribution in [0.15, 0.2) is 12.7 Å². The van der Waals surface area contributed by atoms with Gasteiger partial charge in [-0.05, 0) is 0 Å². The van der Waals surface area contributed by atoms with Crippen molar-refractivity contribution in [1.82, 2.24) is 30.2 Å². The highest BCUT2D eigenvalue weighted by atomic mass is 32.2. The molecule has 10 N–H and O–H groups in total. The van der Waals surface area contributed by atoms with Gasteiger partial charge in [0.2, 0.25) is 16.9 Å². The molecule has 0 aromatic carbocycles. The predicted molar refractivity (Wildman–Crippen MR) is 173 cm³/mol. The number of fused-ring (bicyclic) bond motifs is 1. The van der Waals surface area contributed by atoms with Gasteiger partial charge in [-0.1, -0.05) is 25.6 Å². The number of nitrogens with two attached hydrogens (primary N) is 1. The van der Waals surface area contributed by atoms with E-state index in [4.69, 9.17) is 19.5 Å². The molecule has 24 nitrogen and oxygen atoms in total. The molecule has 3 rings (SSSR count). The first-order valence-electron chi connectivity index (χ1n) is 14.7. The molecule has 1 aliphatic heterocycles. The Balaban J connectivity index is 1.54. The number of halogens is 1. The minimum absolute atomic E-state index is 0.0224. The Hall–Kier alpha value is -2.51. The largest absolute Gasteiger partial charge is 0.481 e. The molecular formula is C23H37FN7O17P3S. The highest BCUT2D eigenvalue weighted by molar-refractivity contribution is 8.13. The molecule has 29 heteroatoms. The van der Waals surface area contributed by atoms with Crippen LogP contribution >= 0.6 is 35.2 Å². The van der Waals surface area contributed by atoms with Gasteiger partial charge in [-0.2, -0.15) is 4.31 Å². The number of phosphoric acid groups is 3. The van der Waals surface area contributed by atoms with Crippen LogP contribution < -0.4 is 16.4 Å². The van der Waals surface area contributed by atoms with Crippen LogP contribution in [0.4, 0.5) is 10.2 Å². The molecular weight excluding hydrogens is 790 g/mol. The number of amides is 2. The topological polar surface area (TPSA) is 364 Å². The lowest BCUT2D eigenvalue weighted by Gasteiger charge is -2.30. The summed E-state index contributed by atoms with van der Waals surface area (Å²) in [6, 6.07) is 0. The van der Waals surface area contributed by atoms with Gasteiger partial charge >= 0.3 is 23.5 Å². The molecule has 7 atom stereocenters. The number of carbonyl (C=O) groups is 3. The summed E-state index contributed by atoms with van der Waals surface area (Å²) >= 11 is 0.695. The number of alkyl halides is 1. The normalized spacial score (nSPS) is 22.4. The van der Waals surface area contributed by atoms with E-state index in [0.29, 0.717) is 11.8 Å². The number of hydrogen-bond donors (Lipinski definition) is 9. The standard InChI is InChI=1S/C23H37FN7O17P3S/c1-23(2,18(35)21(36)27-4-3-13(32)26-5-6-52-14(33)7-24)9-45-51(42,43)48-50(40,41)44-8-12-17(47-49(37,38)39)16(34)22(46-12)31-11-30-15-19(25)28-10-29-20(15)31/h10-12,16-18,22,34-35H,3-9H2,1-2H3,(H,26,32)(H,27,36)(H,40,41)(H,42,43)(H2,25,28,29)(H2,37,38,39)/t12-,16-,17-,18+,22-/m1/s1. The minimum atomic E-state index is -5.58. The van der Waals surface area contributed by atoms with Gasteiger partial charge in [0, 0.05) is 30.7 Å². The maximum atomic E-state index is 12.6. The van der Waals surface area contributed by atoms with E-state index in [1.54, 1.807) is 0 Å². The lowest BCUT2D eigenvalue weighted by Crippen LogP contribution is -2.46. The predicted octanol–water partition coefficient (Wildman–Crippen LogP) is -1.37. The second-order valence-corrected chi connectivity index (χ2v) is 16.8. The van der Waals surface area contributed by atoms with E-state index in [1.165, 1.54) is 13.8 Å². The second-order valence-electron chi connectivity index (χ2n) is 11.4. The molecule has 294 valence electrons. The Kier molecular flexibility index (Phi) is 15.4. The summed E-state index contributed by atoms with van der Waals surface area (Å²) in [5, 5.41) is 25.3. The number of aromatic nitrogens is 4. The first-order chi connectivity index (χ1) is 24.1. The Bertz CT molecular complexity index is 1730. The molecule has 0 radical (unpaired) electrons. The van der Waals surface area contributed by atoms with Crippen LogP contribution in [0.25, 0.3) is 11.2 Å². The van der Waals surface area contributed by atoms with Crippen LogP contribution in [0, 0.1) is 5.41 Å². The molecule has 1 aliphatic rings. The zero-order chi connectivity index (χ0) is 39.1. The van der Waals surface area contributed by atoms with Crippen molar-refractivity contribution in [2.75, 3.05) is 44.5 Å². The average Bonchev–Trinajstić information content (AvgIpc) is 3.60. The van der Waals surface area contributed by atoms with Crippen LogP contribution in [0.2, 0.25) is 0 Å². The Morgan fingerprint density at radius 1 is 1.10 bits per heavy atom. The van der Waals surface area contributed by atoms with Crippen molar-refractivity contribution in [2.24, 2.45) is 5.41 Å². The minimum Gasteiger partial charge on any atom is -0.386 e. The van der Waals surface area contributed by atoms with Crippen molar-refractivity contribution >= 4 is 69.1 Å². The molecule has 0 bridgehead atoms. The van der Waals surface area contributed by atoms with E-state index in [0.717, 1.165) is 17.2 Å². The number of aliphatic hydroxyl groups is 2. The molecule has 0 aliphatic carbocycles. The number of nitrogen functional groups attached to an aromatic ring is 1. The second kappa shape index (κ2) is 18.2. The maximum absolute atomic E-state index is 12.6. The summed E-state index contributed by atoms with van der Waals surface area (Å²) in [5.74, 6) is -1.45. The quantitative estimate of drug-likeness (QED) is 0.0549. The van der Waals surface area contributed by atoms with Crippen molar-refractivity contribution in [3.8, 4) is 0 Å². The van der Waals surface area contributed by atoms with E-state index >= 15 is 0 Å². The van der Waals surface area contributed by atoms with Gasteiger partial charge in [0.05, 0.1) is 19.5 Å². The van der Waals surface area contributed by atoms with Crippen molar-refractivity contribution in [3.63, 3.8) is 0 Å². The van der Waals surface area contributed by atoms with Crippen LogP contribution in [0.3, 0.4) is 0 Å². The third-order valence-corrected chi connectivity index (χ3v) is 10.8. The number of ether oxygens (including phenoxy) is 1. The lowest BCUT2D eigenvalue weighted by atomic mass is 9.87. The molecule has 2 aromatic heterocycles. The average molecular weight is 828 g/mol. The highest BCUT2D eigenvalue weighted by Gasteiger charge is 2.50. The summed E-state index contributed by atoms with van der Waals surface area (Å²) in [6.07, 6.45) is -7.05. The summed E-state index contributed by atoms with van der Waals surface area (Å²) in [6.45, 7) is -0.928. The number of carbonyl (C=O) groups excluding carboxylic acids is 3. The molecule has 52 heavy (non-hydrogen) atoms. The van der Waals surface area contributed by atoms with Crippen molar-refractivity contribution in [3.05, 3.63) is 12.7 Å². The zero-order valence-electron chi connectivity index (χ0n) is 27.2. The fourth-order valence-electron chi connectivity index (χ4n) is 4.33. The Labute approximate surface area is 297 Å². The number of thioether (sulfide) groups is 1. The monoisotopic (exact) mass is 827 g/mol. The maximum Gasteiger partial charge on any atom is 0.481 e. The smallest absolute Gasteiger partial charge is 0.386 e. The number of imidazole rings is 1. The number of nitrogens with zero attached hydrogens (tertiary/aromatic N) is 4. The molecule has 3 heterocycles. The Morgan fingerprint density at radius 2 is 1.77 bits per heavy atom. The molecule has 0 saturated carbocycles. The van der Waals surface area contributed by atoms with Crippen LogP contribution in [-0.4, -0.2) is 129 Å². The summed E-state index contributed by atoms with van der Waals surface area (Å²) in [4.78, 5) is 85.9. The van der Waals surface area contributed by atoms with Crippen LogP contribution in [0.5, 0.6) is 0 Å². The molecule has 1 saturated heterocycles. The van der Waals surface area contributed by atoms with E-state index in [9.17, 15) is 62.3 Å². The SMILES string of the molecule is CC(C)(COP(=O)(O)OP(=O)(O)OC[C@H]1O[C@@H](n2cnc3c(N)ncnc32)[C@H](O)[C@@H]1OP(=O)(O)O)[C@@H](O)C(=O)NCCC(=O)NCCSC(=O)CF. The molecule has 2 unspecified atom stereocenters. The lowest BCUT2D eigenvalue weighted by molar-refractivity contribution is -0.137. The van der Waals surface area contributed by atoms with Crippen molar-refractivity contribution in [1.29, 1.82) is 0 Å². The van der Waals surface area contributed by atoms with Gasteiger partial charge in [0.15, 0.2) is 24.4 Å². The number of anilines is 1. The summed E-state index contributed by atoms with van der Waals surface area (Å²) in [7, 11) is -16.4. The highest BCUT2D eigenvalue weighted by Crippen LogP contribution is 2.61. The van der Waals surface area contributed by atoms with Crippen molar-refractivity contribution < 1.29 is 84.9 Å². The van der Waals surface area contributed by atoms with E-state index < -0.39 is 96.3 Å². The number of aliphatic hydroxyl groups excluding tert-OH is 2. The third kappa shape index (κ3) is 12.8. The van der Waals surface area contributed by atoms with Gasteiger partial charge in [0.1, 0.15) is 36.3 Å². The van der Waals surface area contributed by atoms with Gasteiger partial charge < -0.3 is 50.9 Å². The van der Waals surface area contributed by atoms with E-state index in [-0.39, 0.29) is 42.2 Å². The number of nitrogens with one attached hydrogen (secondary N) is 2. The van der Waals surface area contributed by atoms with E-state index in [2.05, 4.69) is 34.4 Å². The van der Waals surface area contributed by atoms with Gasteiger partial charge in [-0.25, -0.2) is 33.0 Å².